The van der Waals surface area contributed by atoms with E-state index in [1.54, 1.807) is 0 Å². The number of imide groups is 1. The Morgan fingerprint density at radius 3 is 2.84 bits per heavy atom. The number of hydrogen-bond donors (Lipinski definition) is 2. The Balaban J connectivity index is 1.78. The minimum Gasteiger partial charge on any atom is -0.334 e. The molecule has 1 aromatic rings. The van der Waals surface area contributed by atoms with Gasteiger partial charge in [0.1, 0.15) is 11.2 Å². The summed E-state index contributed by atoms with van der Waals surface area (Å²) >= 11 is 0. The van der Waals surface area contributed by atoms with Crippen LogP contribution in [-0.2, 0) is 4.79 Å². The zero-order valence-corrected chi connectivity index (χ0v) is 9.92. The average molecular weight is 261 g/mol. The van der Waals surface area contributed by atoms with Gasteiger partial charge in [-0.05, 0) is 6.42 Å². The van der Waals surface area contributed by atoms with E-state index in [4.69, 9.17) is 0 Å². The molecule has 2 fully saturated rings. The lowest BCUT2D eigenvalue weighted by molar-refractivity contribution is -0.123. The summed E-state index contributed by atoms with van der Waals surface area (Å²) in [5, 5.41) is 4.78. The number of urea groups is 1. The molecule has 0 aliphatic carbocycles. The quantitative estimate of drug-likeness (QED) is 0.624. The Bertz CT molecular complexity index is 561. The predicted molar refractivity (Wildman–Crippen MR) is 62.0 cm³/mol. The van der Waals surface area contributed by atoms with Crippen LogP contribution in [-0.4, -0.2) is 51.3 Å². The number of carbonyl (C=O) groups is 3. The largest absolute Gasteiger partial charge is 0.334 e. The van der Waals surface area contributed by atoms with E-state index < -0.39 is 11.6 Å². The smallest absolute Gasteiger partial charge is 0.322 e. The van der Waals surface area contributed by atoms with E-state index in [2.05, 4.69) is 20.6 Å². The summed E-state index contributed by atoms with van der Waals surface area (Å²) < 4.78 is 0. The third-order valence-electron chi connectivity index (χ3n) is 3.35. The van der Waals surface area contributed by atoms with E-state index >= 15 is 0 Å². The highest BCUT2D eigenvalue weighted by molar-refractivity contribution is 6.08. The van der Waals surface area contributed by atoms with Gasteiger partial charge in [0.25, 0.3) is 11.8 Å². The highest BCUT2D eigenvalue weighted by Gasteiger charge is 2.51. The highest BCUT2D eigenvalue weighted by Crippen LogP contribution is 2.25. The van der Waals surface area contributed by atoms with Crippen LogP contribution < -0.4 is 10.6 Å². The van der Waals surface area contributed by atoms with Crippen molar-refractivity contribution in [2.75, 3.05) is 13.1 Å². The molecule has 19 heavy (non-hydrogen) atoms. The Kier molecular flexibility index (Phi) is 2.44. The molecule has 0 aromatic carbocycles. The fourth-order valence-corrected chi connectivity index (χ4v) is 2.37. The summed E-state index contributed by atoms with van der Waals surface area (Å²) in [6, 6.07) is -0.515. The number of hydrogen-bond acceptors (Lipinski definition) is 5. The lowest BCUT2D eigenvalue weighted by Crippen LogP contribution is -2.49. The highest BCUT2D eigenvalue weighted by atomic mass is 16.2. The first kappa shape index (κ1) is 11.6. The first-order valence-electron chi connectivity index (χ1n) is 5.80. The van der Waals surface area contributed by atoms with Crippen LogP contribution in [0.4, 0.5) is 4.79 Å². The zero-order valence-electron chi connectivity index (χ0n) is 9.92. The normalized spacial score (nSPS) is 25.6. The van der Waals surface area contributed by atoms with Crippen molar-refractivity contribution >= 4 is 17.8 Å². The Labute approximate surface area is 108 Å². The maximum atomic E-state index is 12.2. The molecule has 1 atom stereocenters. The van der Waals surface area contributed by atoms with Crippen molar-refractivity contribution < 1.29 is 14.4 Å². The van der Waals surface area contributed by atoms with Gasteiger partial charge in [-0.2, -0.15) is 0 Å². The zero-order chi connectivity index (χ0) is 13.5. The number of aromatic nitrogens is 2. The molecule has 1 unspecified atom stereocenters. The molecule has 2 N–H and O–H groups in total. The van der Waals surface area contributed by atoms with Crippen molar-refractivity contribution in [3.63, 3.8) is 0 Å². The molecule has 0 bridgehead atoms. The monoisotopic (exact) mass is 261 g/mol. The van der Waals surface area contributed by atoms with E-state index in [9.17, 15) is 14.4 Å². The third kappa shape index (κ3) is 1.81. The second-order valence-electron chi connectivity index (χ2n) is 4.56. The summed E-state index contributed by atoms with van der Waals surface area (Å²) in [4.78, 5) is 44.4. The van der Waals surface area contributed by atoms with Gasteiger partial charge in [-0.15, -0.1) is 0 Å². The number of amides is 4. The van der Waals surface area contributed by atoms with Gasteiger partial charge in [-0.1, -0.05) is 0 Å². The molecule has 2 saturated heterocycles. The van der Waals surface area contributed by atoms with Gasteiger partial charge < -0.3 is 10.2 Å². The summed E-state index contributed by atoms with van der Waals surface area (Å²) in [5.74, 6) is -0.675. The predicted octanol–water partition coefficient (Wildman–Crippen LogP) is -1.10. The Morgan fingerprint density at radius 2 is 2.21 bits per heavy atom. The SMILES string of the molecule is O=C1NC(=O)C2(CCN(C(=O)c3cnccn3)C2)N1. The van der Waals surface area contributed by atoms with E-state index in [1.807, 2.05) is 0 Å². The number of carbonyl (C=O) groups excluding carboxylic acids is 3. The fraction of sp³-hybridized carbons (Fsp3) is 0.364. The van der Waals surface area contributed by atoms with Crippen LogP contribution in [0.2, 0.25) is 0 Å². The van der Waals surface area contributed by atoms with Crippen LogP contribution in [0.3, 0.4) is 0 Å². The molecule has 2 aliphatic rings. The number of nitrogens with zero attached hydrogens (tertiary/aromatic N) is 3. The molecule has 4 amide bonds. The molecule has 1 aromatic heterocycles. The second kappa shape index (κ2) is 4.01. The van der Waals surface area contributed by atoms with Crippen LogP contribution in [0, 0.1) is 0 Å². The first-order chi connectivity index (χ1) is 9.11. The maximum absolute atomic E-state index is 12.2. The van der Waals surface area contributed by atoms with Gasteiger partial charge in [0.05, 0.1) is 12.7 Å². The average Bonchev–Trinajstić information content (AvgIpc) is 2.95. The van der Waals surface area contributed by atoms with E-state index in [0.29, 0.717) is 13.0 Å². The Hall–Kier alpha value is -2.51. The van der Waals surface area contributed by atoms with Crippen LogP contribution in [0.5, 0.6) is 0 Å². The lowest BCUT2D eigenvalue weighted by atomic mass is 10.00. The van der Waals surface area contributed by atoms with Crippen molar-refractivity contribution in [1.29, 1.82) is 0 Å². The minimum absolute atomic E-state index is 0.153. The van der Waals surface area contributed by atoms with Crippen molar-refractivity contribution in [2.24, 2.45) is 0 Å². The third-order valence-corrected chi connectivity index (χ3v) is 3.35. The summed E-state index contributed by atoms with van der Waals surface area (Å²) in [6.07, 6.45) is 4.69. The Morgan fingerprint density at radius 1 is 1.37 bits per heavy atom. The van der Waals surface area contributed by atoms with E-state index in [0.717, 1.165) is 0 Å². The van der Waals surface area contributed by atoms with E-state index in [-0.39, 0.29) is 24.1 Å². The molecular weight excluding hydrogens is 250 g/mol. The molecule has 1 spiro atoms. The van der Waals surface area contributed by atoms with Gasteiger partial charge in [0.2, 0.25) is 0 Å². The van der Waals surface area contributed by atoms with Crippen molar-refractivity contribution in [3.05, 3.63) is 24.3 Å². The van der Waals surface area contributed by atoms with Crippen LogP contribution in [0.15, 0.2) is 18.6 Å². The minimum atomic E-state index is -0.991. The van der Waals surface area contributed by atoms with Crippen LogP contribution >= 0.6 is 0 Å². The van der Waals surface area contributed by atoms with Gasteiger partial charge in [-0.3, -0.25) is 19.9 Å². The summed E-state index contributed by atoms with van der Waals surface area (Å²) in [6.45, 7) is 0.545. The summed E-state index contributed by atoms with van der Waals surface area (Å²) in [7, 11) is 0. The molecular formula is C11H11N5O3. The van der Waals surface area contributed by atoms with E-state index in [1.165, 1.54) is 23.5 Å². The van der Waals surface area contributed by atoms with Crippen LogP contribution in [0.1, 0.15) is 16.9 Å². The molecule has 0 radical (unpaired) electrons. The lowest BCUT2D eigenvalue weighted by Gasteiger charge is -2.20. The van der Waals surface area contributed by atoms with Crippen molar-refractivity contribution in [1.82, 2.24) is 25.5 Å². The number of nitrogens with one attached hydrogen (secondary N) is 2. The molecule has 8 nitrogen and oxygen atoms in total. The van der Waals surface area contributed by atoms with Crippen molar-refractivity contribution in [2.45, 2.75) is 12.0 Å². The summed E-state index contributed by atoms with van der Waals surface area (Å²) in [5.41, 5.74) is -0.765. The molecule has 8 heteroatoms. The maximum Gasteiger partial charge on any atom is 0.322 e. The molecule has 3 heterocycles. The second-order valence-corrected chi connectivity index (χ2v) is 4.56. The fourth-order valence-electron chi connectivity index (χ4n) is 2.37. The van der Waals surface area contributed by atoms with Gasteiger partial charge >= 0.3 is 6.03 Å². The van der Waals surface area contributed by atoms with Gasteiger partial charge in [0.15, 0.2) is 0 Å². The number of rotatable bonds is 1. The van der Waals surface area contributed by atoms with Gasteiger partial charge in [0, 0.05) is 18.9 Å². The molecule has 2 aliphatic heterocycles. The van der Waals surface area contributed by atoms with Crippen molar-refractivity contribution in [3.8, 4) is 0 Å². The van der Waals surface area contributed by atoms with Gasteiger partial charge in [-0.25, -0.2) is 9.78 Å². The topological polar surface area (TPSA) is 104 Å². The molecule has 98 valence electrons. The molecule has 3 rings (SSSR count). The standard InChI is InChI=1S/C11H11N5O3/c17-8(7-5-12-2-3-13-7)16-4-1-11(6-16)9(18)14-10(19)15-11/h2-3,5H,1,4,6H2,(H2,14,15,18,19). The van der Waals surface area contributed by atoms with Crippen LogP contribution in [0.25, 0.3) is 0 Å². The number of likely N-dealkylation sites (tertiary alicyclic amines) is 1. The molecule has 0 saturated carbocycles. The first-order valence-corrected chi connectivity index (χ1v) is 5.80.